The van der Waals surface area contributed by atoms with Crippen molar-refractivity contribution in [2.24, 2.45) is 11.8 Å². The molecule has 24 heavy (non-hydrogen) atoms. The van der Waals surface area contributed by atoms with E-state index in [0.29, 0.717) is 0 Å². The summed E-state index contributed by atoms with van der Waals surface area (Å²) in [6, 6.07) is -0.0106. The molecule has 2 aliphatic rings. The van der Waals surface area contributed by atoms with Crippen molar-refractivity contribution < 1.29 is 14.6 Å². The van der Waals surface area contributed by atoms with Gasteiger partial charge >= 0.3 is 0 Å². The molecule has 0 aromatic rings. The molecule has 2 N–H and O–H groups in total. The first-order valence-electron chi connectivity index (χ1n) is 9.73. The van der Waals surface area contributed by atoms with Crippen LogP contribution in [0.15, 0.2) is 0 Å². The molecule has 1 heterocycles. The summed E-state index contributed by atoms with van der Waals surface area (Å²) in [5.74, 6) is 0.573. The second-order valence-corrected chi connectivity index (χ2v) is 8.10. The van der Waals surface area contributed by atoms with Crippen LogP contribution in [0.5, 0.6) is 0 Å². The van der Waals surface area contributed by atoms with E-state index in [1.165, 1.54) is 6.42 Å². The van der Waals surface area contributed by atoms with Gasteiger partial charge in [-0.1, -0.05) is 33.1 Å². The first-order valence-corrected chi connectivity index (χ1v) is 9.73. The number of hydrogen-bond donors (Lipinski definition) is 2. The van der Waals surface area contributed by atoms with Crippen molar-refractivity contribution in [1.82, 2.24) is 10.2 Å². The summed E-state index contributed by atoms with van der Waals surface area (Å²) in [4.78, 5) is 15.3. The molecule has 5 heteroatoms. The van der Waals surface area contributed by atoms with Gasteiger partial charge in [0.25, 0.3) is 0 Å². The number of hydrogen-bond acceptors (Lipinski definition) is 4. The molecule has 1 aliphatic heterocycles. The summed E-state index contributed by atoms with van der Waals surface area (Å²) in [7, 11) is 0. The molecule has 0 aromatic carbocycles. The Morgan fingerprint density at radius 3 is 2.38 bits per heavy atom. The van der Waals surface area contributed by atoms with E-state index in [0.717, 1.165) is 38.8 Å². The Kier molecular flexibility index (Phi) is 7.51. The maximum absolute atomic E-state index is 13.1. The lowest BCUT2D eigenvalue weighted by molar-refractivity contribution is -0.136. The molecule has 0 aromatic heterocycles. The summed E-state index contributed by atoms with van der Waals surface area (Å²) in [5.41, 5.74) is 0. The normalized spacial score (nSPS) is 33.9. The van der Waals surface area contributed by atoms with Crippen LogP contribution < -0.4 is 5.32 Å². The van der Waals surface area contributed by atoms with E-state index in [2.05, 4.69) is 37.9 Å². The molecule has 1 saturated carbocycles. The largest absolute Gasteiger partial charge is 0.396 e. The van der Waals surface area contributed by atoms with E-state index in [-0.39, 0.29) is 48.6 Å². The van der Waals surface area contributed by atoms with Crippen LogP contribution in [0.3, 0.4) is 0 Å². The van der Waals surface area contributed by atoms with Crippen LogP contribution in [-0.2, 0) is 9.53 Å². The number of nitrogens with zero attached hydrogens (tertiary/aromatic N) is 1. The first-order chi connectivity index (χ1) is 11.4. The van der Waals surface area contributed by atoms with Gasteiger partial charge in [-0.25, -0.2) is 0 Å². The van der Waals surface area contributed by atoms with Gasteiger partial charge in [0.1, 0.15) is 0 Å². The Morgan fingerprint density at radius 1 is 1.17 bits per heavy atom. The second-order valence-electron chi connectivity index (χ2n) is 8.10. The molecule has 0 unspecified atom stereocenters. The standard InChI is InChI=1S/C19H36N2O3/c1-13(2)18(21-10-14(3)24-15(4)11-21)19(23)20-17-9-7-5-6-8-16(17)12-22/h13-18,22H,5-12H2,1-4H3,(H,20,23)/t14-,15-,16-,17-,18+/m1/s1. The van der Waals surface area contributed by atoms with Gasteiger partial charge in [-0.05, 0) is 32.6 Å². The average molecular weight is 341 g/mol. The van der Waals surface area contributed by atoms with Gasteiger partial charge in [0.05, 0.1) is 18.2 Å². The fourth-order valence-corrected chi connectivity index (χ4v) is 4.40. The smallest absolute Gasteiger partial charge is 0.237 e. The van der Waals surface area contributed by atoms with Crippen LogP contribution in [0.4, 0.5) is 0 Å². The summed E-state index contributed by atoms with van der Waals surface area (Å²) >= 11 is 0. The van der Waals surface area contributed by atoms with Gasteiger partial charge in [-0.2, -0.15) is 0 Å². The zero-order chi connectivity index (χ0) is 17.7. The van der Waals surface area contributed by atoms with E-state index in [4.69, 9.17) is 4.74 Å². The average Bonchev–Trinajstić information content (AvgIpc) is 2.70. The number of aliphatic hydroxyl groups excluding tert-OH is 1. The van der Waals surface area contributed by atoms with Crippen LogP contribution >= 0.6 is 0 Å². The number of rotatable bonds is 5. The predicted octanol–water partition coefficient (Wildman–Crippen LogP) is 2.18. The minimum Gasteiger partial charge on any atom is -0.396 e. The predicted molar refractivity (Wildman–Crippen MR) is 95.8 cm³/mol. The van der Waals surface area contributed by atoms with Crippen LogP contribution in [-0.4, -0.2) is 59.9 Å². The number of amides is 1. The third-order valence-corrected chi connectivity index (χ3v) is 5.46. The van der Waals surface area contributed by atoms with Crippen molar-refractivity contribution in [1.29, 1.82) is 0 Å². The lowest BCUT2D eigenvalue weighted by Gasteiger charge is -2.41. The fourth-order valence-electron chi connectivity index (χ4n) is 4.40. The van der Waals surface area contributed by atoms with Gasteiger partial charge in [0.2, 0.25) is 5.91 Å². The maximum atomic E-state index is 13.1. The summed E-state index contributed by atoms with van der Waals surface area (Å²) < 4.78 is 5.82. The SMILES string of the molecule is CC(C)[C@@H](C(=O)N[C@@H]1CCCCC[C@@H]1CO)N1C[C@@H](C)O[C@H](C)C1. The molecule has 140 valence electrons. The van der Waals surface area contributed by atoms with Crippen LogP contribution in [0.1, 0.15) is 59.8 Å². The highest BCUT2D eigenvalue weighted by molar-refractivity contribution is 5.82. The van der Waals surface area contributed by atoms with Gasteiger partial charge in [0.15, 0.2) is 0 Å². The lowest BCUT2D eigenvalue weighted by atomic mass is 9.93. The highest BCUT2D eigenvalue weighted by Crippen LogP contribution is 2.24. The van der Waals surface area contributed by atoms with E-state index in [9.17, 15) is 9.90 Å². The molecule has 2 rings (SSSR count). The van der Waals surface area contributed by atoms with Crippen LogP contribution in [0.25, 0.3) is 0 Å². The van der Waals surface area contributed by atoms with Gasteiger partial charge in [-0.15, -0.1) is 0 Å². The number of nitrogens with one attached hydrogen (secondary N) is 1. The van der Waals surface area contributed by atoms with Crippen molar-refractivity contribution >= 4 is 5.91 Å². The van der Waals surface area contributed by atoms with Crippen molar-refractivity contribution in [2.45, 2.75) is 84.1 Å². The van der Waals surface area contributed by atoms with Crippen LogP contribution in [0, 0.1) is 11.8 Å². The Balaban J connectivity index is 2.05. The summed E-state index contributed by atoms with van der Waals surface area (Å²) in [6.45, 7) is 10.2. The molecular weight excluding hydrogens is 304 g/mol. The fraction of sp³-hybridized carbons (Fsp3) is 0.947. The van der Waals surface area contributed by atoms with Crippen molar-refractivity contribution in [3.63, 3.8) is 0 Å². The number of carbonyl (C=O) groups is 1. The molecule has 2 fully saturated rings. The summed E-state index contributed by atoms with van der Waals surface area (Å²) in [5, 5.41) is 13.0. The molecule has 1 amide bonds. The lowest BCUT2D eigenvalue weighted by Crippen LogP contribution is -2.58. The quantitative estimate of drug-likeness (QED) is 0.753. The van der Waals surface area contributed by atoms with E-state index >= 15 is 0 Å². The maximum Gasteiger partial charge on any atom is 0.237 e. The third-order valence-electron chi connectivity index (χ3n) is 5.46. The second kappa shape index (κ2) is 9.16. The number of morpholine rings is 1. The molecule has 5 atom stereocenters. The minimum absolute atomic E-state index is 0.113. The van der Waals surface area contributed by atoms with E-state index in [1.54, 1.807) is 0 Å². The third kappa shape index (κ3) is 5.17. The minimum atomic E-state index is -0.124. The van der Waals surface area contributed by atoms with Gasteiger partial charge < -0.3 is 15.2 Å². The number of ether oxygens (including phenoxy) is 1. The van der Waals surface area contributed by atoms with Crippen molar-refractivity contribution in [3.05, 3.63) is 0 Å². The van der Waals surface area contributed by atoms with Crippen molar-refractivity contribution in [3.8, 4) is 0 Å². The van der Waals surface area contributed by atoms with Crippen LogP contribution in [0.2, 0.25) is 0 Å². The van der Waals surface area contributed by atoms with E-state index in [1.807, 2.05) is 0 Å². The molecule has 1 aliphatic carbocycles. The number of carbonyl (C=O) groups excluding carboxylic acids is 1. The molecule has 0 spiro atoms. The molecular formula is C19H36N2O3. The summed E-state index contributed by atoms with van der Waals surface area (Å²) in [6.07, 6.45) is 5.81. The Labute approximate surface area is 147 Å². The molecule has 0 bridgehead atoms. The zero-order valence-corrected chi connectivity index (χ0v) is 15.8. The highest BCUT2D eigenvalue weighted by atomic mass is 16.5. The Bertz CT molecular complexity index is 392. The Morgan fingerprint density at radius 2 is 1.79 bits per heavy atom. The first kappa shape index (κ1) is 19.7. The van der Waals surface area contributed by atoms with Gasteiger partial charge in [-0.3, -0.25) is 9.69 Å². The topological polar surface area (TPSA) is 61.8 Å². The van der Waals surface area contributed by atoms with Crippen molar-refractivity contribution in [2.75, 3.05) is 19.7 Å². The Hall–Kier alpha value is -0.650. The van der Waals surface area contributed by atoms with E-state index < -0.39 is 0 Å². The monoisotopic (exact) mass is 340 g/mol. The molecule has 1 saturated heterocycles. The molecule has 5 nitrogen and oxygen atoms in total. The number of aliphatic hydroxyl groups is 1. The zero-order valence-electron chi connectivity index (χ0n) is 15.8. The molecule has 0 radical (unpaired) electrons. The highest BCUT2D eigenvalue weighted by Gasteiger charge is 2.36. The van der Waals surface area contributed by atoms with Gasteiger partial charge in [0, 0.05) is 31.7 Å².